The number of ketones is 2. The van der Waals surface area contributed by atoms with Gasteiger partial charge in [-0.15, -0.1) is 0 Å². The van der Waals surface area contributed by atoms with Gasteiger partial charge in [0.1, 0.15) is 36.0 Å². The fourth-order valence-electron chi connectivity index (χ4n) is 13.5. The number of nitrogens with one attached hydrogen (secondary N) is 3. The van der Waals surface area contributed by atoms with Gasteiger partial charge in [0.25, 0.3) is 0 Å². The van der Waals surface area contributed by atoms with Gasteiger partial charge in [0.2, 0.25) is 5.78 Å². The van der Waals surface area contributed by atoms with E-state index in [1.54, 1.807) is 124 Å². The van der Waals surface area contributed by atoms with Crippen LogP contribution < -0.4 is 32.9 Å². The number of Topliss-reactive ketones (excluding diaryl/α,β-unsaturated/α-hetero) is 2. The zero-order valence-corrected chi connectivity index (χ0v) is 68.9. The number of rotatable bonds is 17. The SMILES string of the molecule is C.C.C1CCOC1.CC(C)(C)OC(=O)N[C@@H](C(=O)O)c1ccccc1.CC(C)(C)OC(=O)N[C@@H](C(=O)O[C@H]1CN2CCC1CC2)c1ccccc1.CC(C)(C)OC(=O)N[C@@H](C(=O)O[C@H]1C[N+]2(CC(=O)c3ccccc3)CCC1CC2)c1ccccc1.CCOC(C)=O.O=C(CBr)c1ccccc1.O[C@H]1CN2CCC1CC2.[Br-]. The minimum atomic E-state index is -1.13. The quantitative estimate of drug-likeness (QED) is 0.0190. The largest absolute Gasteiger partial charge is 1.00 e. The van der Waals surface area contributed by atoms with E-state index in [-0.39, 0.29) is 73.6 Å². The first-order chi connectivity index (χ1) is 51.7. The smallest absolute Gasteiger partial charge is 0.408 e. The van der Waals surface area contributed by atoms with Crippen LogP contribution in [0.15, 0.2) is 152 Å². The van der Waals surface area contributed by atoms with Crippen LogP contribution in [0.25, 0.3) is 0 Å². The average Bonchev–Trinajstić information content (AvgIpc) is 0.771. The fourth-order valence-corrected chi connectivity index (χ4v) is 13.8. The molecule has 6 bridgehead atoms. The molecule has 0 spiro atoms. The van der Waals surface area contributed by atoms with Gasteiger partial charge in [0.15, 0.2) is 30.0 Å². The van der Waals surface area contributed by atoms with Crippen LogP contribution in [0.5, 0.6) is 0 Å². The first-order valence-corrected chi connectivity index (χ1v) is 39.0. The van der Waals surface area contributed by atoms with Crippen molar-refractivity contribution in [3.8, 4) is 0 Å². The molecule has 0 unspecified atom stereocenters. The maximum Gasteiger partial charge on any atom is 0.408 e. The van der Waals surface area contributed by atoms with Gasteiger partial charge in [-0.05, 0) is 162 Å². The third-order valence-corrected chi connectivity index (χ3v) is 19.4. The van der Waals surface area contributed by atoms with Crippen LogP contribution in [-0.2, 0) is 52.3 Å². The molecule has 10 fully saturated rings. The van der Waals surface area contributed by atoms with Crippen molar-refractivity contribution in [3.05, 3.63) is 179 Å². The lowest BCUT2D eigenvalue weighted by atomic mass is 9.82. The summed E-state index contributed by atoms with van der Waals surface area (Å²) < 4.78 is 37.6. The van der Waals surface area contributed by atoms with E-state index in [0.29, 0.717) is 63.6 Å². The molecule has 0 aromatic heterocycles. The van der Waals surface area contributed by atoms with E-state index in [9.17, 15) is 48.3 Å². The second-order valence-corrected chi connectivity index (χ2v) is 31.6. The normalized spacial score (nSPS) is 22.0. The molecule has 10 aliphatic heterocycles. The highest BCUT2D eigenvalue weighted by molar-refractivity contribution is 9.09. The standard InChI is InChI=1S/C28H34N2O5.C20H28N2O4.C13H17NO4.C8H7BrO.C7H13NO.C4H8O2.C4H8O.2CH4.BrH/c1-28(2,3)35-27(33)29-25(22-12-8-5-9-13-22)26(32)34-24-19-30(16-14-21(24)15-17-30)18-23(31)20-10-6-4-7-11-20;1-20(2,3)26-19(24)21-17(15-7-5-4-6-8-15)18(23)25-16-13-22-11-9-14(16)10-12-22;1-13(2,3)18-12(17)14-10(11(15)16)9-7-5-4-6-8-9;9-6-8(10)7-4-2-1-3-5-7;9-7-5-8-3-1-6(7)2-4-8;1-3-6-4(2)5;1-2-4-5-3-1;;;/h4-13,21,24-25H,14-19H2,1-3H3;4-8,14,16-17H,9-13H2,1-3H3,(H,21,24);4-8,10H,1-3H3,(H,14,17)(H,15,16);1-5H,6H2;6-7,9H,1-5H2;3H2,1-2H3;1-4H2;2*1H4;1H/t21?,24-,25+,30?;16-,17+;10-;;7-;;;;;/m001.0...../s1. The van der Waals surface area contributed by atoms with Crippen LogP contribution in [0.2, 0.25) is 0 Å². The third-order valence-electron chi connectivity index (χ3n) is 18.9. The Hall–Kier alpha value is -8.11. The Morgan fingerprint density at radius 3 is 1.15 bits per heavy atom. The number of carboxylic acid groups (broad SMARTS) is 1. The molecule has 15 rings (SSSR count). The number of quaternary nitrogens is 1. The summed E-state index contributed by atoms with van der Waals surface area (Å²) in [7, 11) is 0. The zero-order valence-electron chi connectivity index (χ0n) is 65.7. The summed E-state index contributed by atoms with van der Waals surface area (Å²) in [5, 5.41) is 26.6. The minimum absolute atomic E-state index is 0. The van der Waals surface area contributed by atoms with Crippen LogP contribution in [0.3, 0.4) is 0 Å². The Bertz CT molecular complexity index is 3610. The molecule has 0 saturated carbocycles. The van der Waals surface area contributed by atoms with E-state index >= 15 is 0 Å². The van der Waals surface area contributed by atoms with Crippen LogP contribution in [0.4, 0.5) is 14.4 Å². The Morgan fingerprint density at radius 1 is 0.509 bits per heavy atom. The number of piperidine rings is 9. The number of benzene rings is 5. The van der Waals surface area contributed by atoms with Crippen molar-refractivity contribution in [2.75, 3.05) is 90.6 Å². The molecule has 6 atom stereocenters. The highest BCUT2D eigenvalue weighted by Gasteiger charge is 2.49. The summed E-state index contributed by atoms with van der Waals surface area (Å²) >= 11 is 3.10. The first-order valence-electron chi connectivity index (χ1n) is 37.9. The number of fused-ring (bicyclic) bond motifs is 9. The molecular weight excluding hydrogens is 1560 g/mol. The number of carboxylic acids is 1. The molecular formula is C86H124Br2N6O18. The number of alkyl carbamates (subject to hydrolysis) is 3. The summed E-state index contributed by atoms with van der Waals surface area (Å²) in [5.74, 6) is -0.718. The van der Waals surface area contributed by atoms with Crippen molar-refractivity contribution in [2.24, 2.45) is 17.8 Å². The molecule has 620 valence electrons. The Morgan fingerprint density at radius 2 is 0.857 bits per heavy atom. The van der Waals surface area contributed by atoms with Crippen molar-refractivity contribution in [2.45, 2.75) is 196 Å². The molecule has 3 amide bonds. The van der Waals surface area contributed by atoms with Crippen molar-refractivity contribution in [3.63, 3.8) is 0 Å². The summed E-state index contributed by atoms with van der Waals surface area (Å²) in [6, 6.07) is 42.3. The number of halogens is 2. The molecule has 10 heterocycles. The fraction of sp³-hybridized carbons (Fsp3) is 0.547. The van der Waals surface area contributed by atoms with Gasteiger partial charge >= 0.3 is 42.2 Å². The topological polar surface area (TPSA) is 301 Å². The Balaban J connectivity index is 0.000000370. The number of carbonyl (C=O) groups excluding carboxylic acids is 8. The van der Waals surface area contributed by atoms with Crippen LogP contribution in [-0.4, -0.2) is 204 Å². The summed E-state index contributed by atoms with van der Waals surface area (Å²) in [6.45, 7) is 30.6. The summed E-state index contributed by atoms with van der Waals surface area (Å²) in [4.78, 5) is 112. The van der Waals surface area contributed by atoms with Crippen LogP contribution >= 0.6 is 15.9 Å². The molecule has 5 aromatic rings. The number of carbonyl (C=O) groups is 9. The second-order valence-electron chi connectivity index (χ2n) is 31.0. The van der Waals surface area contributed by atoms with E-state index < -0.39 is 71.1 Å². The van der Waals surface area contributed by atoms with E-state index in [1.165, 1.54) is 45.7 Å². The van der Waals surface area contributed by atoms with Crippen molar-refractivity contribution >= 4 is 69.7 Å². The van der Waals surface area contributed by atoms with Crippen molar-refractivity contribution in [1.29, 1.82) is 0 Å². The van der Waals surface area contributed by atoms with Crippen molar-refractivity contribution < 1.29 is 108 Å². The number of hydrogen-bond acceptors (Lipinski definition) is 19. The minimum Gasteiger partial charge on any atom is -1.00 e. The van der Waals surface area contributed by atoms with E-state index in [4.69, 9.17) is 33.5 Å². The van der Waals surface area contributed by atoms with Crippen LogP contribution in [0.1, 0.15) is 198 Å². The Kier molecular flexibility index (Phi) is 42.8. The lowest BCUT2D eigenvalue weighted by Crippen LogP contribution is -3.00. The van der Waals surface area contributed by atoms with E-state index in [2.05, 4.69) is 46.4 Å². The molecule has 0 aliphatic carbocycles. The number of aliphatic hydroxyl groups excluding tert-OH is 1. The van der Waals surface area contributed by atoms with Gasteiger partial charge in [0.05, 0.1) is 31.1 Å². The first kappa shape index (κ1) is 98.1. The molecule has 26 heteroatoms. The van der Waals surface area contributed by atoms with E-state index in [1.807, 2.05) is 97.1 Å². The lowest BCUT2D eigenvalue weighted by Gasteiger charge is -2.51. The highest BCUT2D eigenvalue weighted by Crippen LogP contribution is 2.37. The third kappa shape index (κ3) is 35.5. The summed E-state index contributed by atoms with van der Waals surface area (Å²) in [5.41, 5.74) is 1.31. The monoisotopic (exact) mass is 1690 g/mol. The zero-order chi connectivity index (χ0) is 79.7. The number of amides is 3. The molecule has 112 heavy (non-hydrogen) atoms. The highest BCUT2D eigenvalue weighted by atomic mass is 79.9. The predicted molar refractivity (Wildman–Crippen MR) is 431 cm³/mol. The lowest BCUT2D eigenvalue weighted by molar-refractivity contribution is -0.938. The Labute approximate surface area is 682 Å². The average molecular weight is 1690 g/mol. The predicted octanol–water partition coefficient (Wildman–Crippen LogP) is 11.5. The number of nitrogens with zero attached hydrogens (tertiary/aromatic N) is 3. The number of alkyl halides is 1. The molecule has 10 aliphatic rings. The maximum atomic E-state index is 13.4. The second kappa shape index (κ2) is 48.8. The van der Waals surface area contributed by atoms with Gasteiger partial charge < -0.3 is 85.7 Å². The molecule has 5 aromatic carbocycles. The summed E-state index contributed by atoms with van der Waals surface area (Å²) in [6.07, 6.45) is 6.50. The molecule has 0 radical (unpaired) electrons. The molecule has 24 nitrogen and oxygen atoms in total. The number of aliphatic hydroxyl groups is 1. The number of esters is 3. The van der Waals surface area contributed by atoms with Gasteiger partial charge in [-0.3, -0.25) is 19.3 Å². The van der Waals surface area contributed by atoms with Crippen molar-refractivity contribution in [1.82, 2.24) is 25.8 Å². The van der Waals surface area contributed by atoms with Gasteiger partial charge in [-0.1, -0.05) is 182 Å². The van der Waals surface area contributed by atoms with Gasteiger partial charge in [-0.25, -0.2) is 28.8 Å². The number of hydrogen-bond donors (Lipinski definition) is 5. The molecule has 5 N–H and O–H groups in total. The molecule has 10 saturated heterocycles. The van der Waals surface area contributed by atoms with Gasteiger partial charge in [0, 0.05) is 63.1 Å². The number of aliphatic carboxylic acids is 1. The van der Waals surface area contributed by atoms with E-state index in [0.717, 1.165) is 83.7 Å². The maximum absolute atomic E-state index is 13.4. The van der Waals surface area contributed by atoms with Gasteiger partial charge in [-0.2, -0.15) is 0 Å². The number of ether oxygens (including phenoxy) is 7. The van der Waals surface area contributed by atoms with Crippen LogP contribution in [0, 0.1) is 17.8 Å².